The first kappa shape index (κ1) is 9.60. The number of nitrogens with zero attached hydrogens (tertiary/aromatic N) is 4. The highest BCUT2D eigenvalue weighted by atomic mass is 79.9. The SMILES string of the molecule is Cc1nn(C)cc1Nc1nnc(Br)s1. The normalized spacial score (nSPS) is 10.5. The Morgan fingerprint density at radius 2 is 2.29 bits per heavy atom. The van der Waals surface area contributed by atoms with Crippen molar-refractivity contribution in [2.24, 2.45) is 7.05 Å². The van der Waals surface area contributed by atoms with Crippen LogP contribution in [-0.4, -0.2) is 20.0 Å². The van der Waals surface area contributed by atoms with Gasteiger partial charge in [-0.1, -0.05) is 11.3 Å². The van der Waals surface area contributed by atoms with Gasteiger partial charge in [0.2, 0.25) is 5.13 Å². The predicted octanol–water partition coefficient (Wildman–Crippen LogP) is 2.09. The van der Waals surface area contributed by atoms with Crippen LogP contribution in [0.5, 0.6) is 0 Å². The summed E-state index contributed by atoms with van der Waals surface area (Å²) in [6, 6.07) is 0. The van der Waals surface area contributed by atoms with E-state index in [9.17, 15) is 0 Å². The highest BCUT2D eigenvalue weighted by Gasteiger charge is 2.06. The van der Waals surface area contributed by atoms with E-state index < -0.39 is 0 Å². The molecule has 0 radical (unpaired) electrons. The van der Waals surface area contributed by atoms with Crippen molar-refractivity contribution in [1.29, 1.82) is 0 Å². The molecule has 2 rings (SSSR count). The van der Waals surface area contributed by atoms with Gasteiger partial charge in [0.25, 0.3) is 0 Å². The molecule has 1 N–H and O–H groups in total. The van der Waals surface area contributed by atoms with E-state index in [1.165, 1.54) is 11.3 Å². The van der Waals surface area contributed by atoms with Gasteiger partial charge in [-0.2, -0.15) is 5.10 Å². The van der Waals surface area contributed by atoms with Gasteiger partial charge in [-0.3, -0.25) is 4.68 Å². The fourth-order valence-corrected chi connectivity index (χ4v) is 2.12. The lowest BCUT2D eigenvalue weighted by molar-refractivity contribution is 0.756. The molecule has 0 amide bonds. The van der Waals surface area contributed by atoms with Gasteiger partial charge >= 0.3 is 0 Å². The lowest BCUT2D eigenvalue weighted by Gasteiger charge is -1.96. The lowest BCUT2D eigenvalue weighted by Crippen LogP contribution is -1.89. The molecule has 0 aromatic carbocycles. The fraction of sp³-hybridized carbons (Fsp3) is 0.286. The molecule has 0 aliphatic heterocycles. The first-order valence-electron chi connectivity index (χ1n) is 3.91. The third-order valence-corrected chi connectivity index (χ3v) is 2.93. The number of aromatic nitrogens is 4. The molecule has 0 spiro atoms. The van der Waals surface area contributed by atoms with E-state index in [0.29, 0.717) is 0 Å². The van der Waals surface area contributed by atoms with Crippen LogP contribution < -0.4 is 5.32 Å². The molecular formula is C7H8BrN5S. The minimum Gasteiger partial charge on any atom is -0.327 e. The number of anilines is 2. The van der Waals surface area contributed by atoms with Crippen LogP contribution in [0.3, 0.4) is 0 Å². The molecule has 74 valence electrons. The Morgan fingerprint density at radius 1 is 1.50 bits per heavy atom. The molecule has 2 aromatic rings. The van der Waals surface area contributed by atoms with Gasteiger partial charge in [-0.05, 0) is 22.9 Å². The Balaban J connectivity index is 2.22. The Morgan fingerprint density at radius 3 is 2.79 bits per heavy atom. The number of hydrogen-bond donors (Lipinski definition) is 1. The van der Waals surface area contributed by atoms with Crippen molar-refractivity contribution in [3.63, 3.8) is 0 Å². The first-order chi connectivity index (χ1) is 6.65. The zero-order chi connectivity index (χ0) is 10.1. The Bertz CT molecular complexity index is 449. The monoisotopic (exact) mass is 273 g/mol. The van der Waals surface area contributed by atoms with E-state index in [1.807, 2.05) is 20.2 Å². The maximum Gasteiger partial charge on any atom is 0.210 e. The smallest absolute Gasteiger partial charge is 0.210 e. The van der Waals surface area contributed by atoms with Crippen molar-refractivity contribution in [3.8, 4) is 0 Å². The number of aryl methyl sites for hydroxylation is 2. The van der Waals surface area contributed by atoms with Gasteiger partial charge in [-0.25, -0.2) is 0 Å². The summed E-state index contributed by atoms with van der Waals surface area (Å²) in [4.78, 5) is 0. The number of rotatable bonds is 2. The number of nitrogens with one attached hydrogen (secondary N) is 1. The van der Waals surface area contributed by atoms with Gasteiger partial charge in [0.05, 0.1) is 11.4 Å². The van der Waals surface area contributed by atoms with Crippen LogP contribution >= 0.6 is 27.3 Å². The molecule has 0 fully saturated rings. The summed E-state index contributed by atoms with van der Waals surface area (Å²) in [7, 11) is 1.88. The van der Waals surface area contributed by atoms with Crippen LogP contribution in [0.4, 0.5) is 10.8 Å². The van der Waals surface area contributed by atoms with Crippen molar-refractivity contribution >= 4 is 38.1 Å². The maximum atomic E-state index is 4.21. The van der Waals surface area contributed by atoms with Crippen molar-refractivity contribution in [2.45, 2.75) is 6.92 Å². The largest absolute Gasteiger partial charge is 0.327 e. The molecule has 0 saturated carbocycles. The van der Waals surface area contributed by atoms with Crippen LogP contribution in [0.15, 0.2) is 10.1 Å². The number of hydrogen-bond acceptors (Lipinski definition) is 5. The summed E-state index contributed by atoms with van der Waals surface area (Å²) < 4.78 is 2.52. The predicted molar refractivity (Wildman–Crippen MR) is 58.8 cm³/mol. The van der Waals surface area contributed by atoms with Crippen LogP contribution in [0.1, 0.15) is 5.69 Å². The van der Waals surface area contributed by atoms with Gasteiger partial charge in [0.15, 0.2) is 3.92 Å². The zero-order valence-corrected chi connectivity index (χ0v) is 10.1. The second kappa shape index (κ2) is 3.66. The highest BCUT2D eigenvalue weighted by molar-refractivity contribution is 9.11. The van der Waals surface area contributed by atoms with E-state index >= 15 is 0 Å². The lowest BCUT2D eigenvalue weighted by atomic mass is 10.4. The Hall–Kier alpha value is -0.950. The van der Waals surface area contributed by atoms with Gasteiger partial charge in [0.1, 0.15) is 0 Å². The Kier molecular flexibility index (Phi) is 2.51. The molecule has 0 aliphatic rings. The second-order valence-corrected chi connectivity index (χ2v) is 5.04. The summed E-state index contributed by atoms with van der Waals surface area (Å²) in [5.41, 5.74) is 1.90. The van der Waals surface area contributed by atoms with Crippen LogP contribution in [0, 0.1) is 6.92 Å². The minimum atomic E-state index is 0.757. The molecule has 0 bridgehead atoms. The topological polar surface area (TPSA) is 55.6 Å². The fourth-order valence-electron chi connectivity index (χ4n) is 1.09. The molecular weight excluding hydrogens is 266 g/mol. The standard InChI is InChI=1S/C7H8BrN5S/c1-4-5(3-13(2)12-4)9-7-11-10-6(8)14-7/h3H,1-2H3,(H,9,11). The third-order valence-electron chi connectivity index (χ3n) is 1.66. The maximum absolute atomic E-state index is 4.21. The molecule has 0 saturated heterocycles. The summed E-state index contributed by atoms with van der Waals surface area (Å²) in [5.74, 6) is 0. The average molecular weight is 274 g/mol. The van der Waals surface area contributed by atoms with Crippen molar-refractivity contribution in [3.05, 3.63) is 15.8 Å². The molecule has 2 heterocycles. The molecule has 0 aliphatic carbocycles. The van der Waals surface area contributed by atoms with E-state index in [1.54, 1.807) is 4.68 Å². The summed E-state index contributed by atoms with van der Waals surface area (Å²) >= 11 is 4.70. The van der Waals surface area contributed by atoms with Gasteiger partial charge in [0, 0.05) is 13.2 Å². The van der Waals surface area contributed by atoms with Crippen LogP contribution in [-0.2, 0) is 7.05 Å². The summed E-state index contributed by atoms with van der Waals surface area (Å²) in [6.07, 6.45) is 1.91. The van der Waals surface area contributed by atoms with Gasteiger partial charge in [-0.15, -0.1) is 10.2 Å². The zero-order valence-electron chi connectivity index (χ0n) is 7.65. The summed E-state index contributed by atoms with van der Waals surface area (Å²) in [5, 5.41) is 15.9. The molecule has 7 heteroatoms. The number of halogens is 1. The molecule has 0 atom stereocenters. The second-order valence-electron chi connectivity index (χ2n) is 2.79. The van der Waals surface area contributed by atoms with Crippen LogP contribution in [0.25, 0.3) is 0 Å². The van der Waals surface area contributed by atoms with Crippen molar-refractivity contribution in [2.75, 3.05) is 5.32 Å². The van der Waals surface area contributed by atoms with E-state index in [0.717, 1.165) is 20.4 Å². The highest BCUT2D eigenvalue weighted by Crippen LogP contribution is 2.24. The van der Waals surface area contributed by atoms with Crippen molar-refractivity contribution < 1.29 is 0 Å². The summed E-state index contributed by atoms with van der Waals surface area (Å²) in [6.45, 7) is 1.94. The third kappa shape index (κ3) is 1.93. The van der Waals surface area contributed by atoms with E-state index in [2.05, 4.69) is 36.5 Å². The van der Waals surface area contributed by atoms with E-state index in [4.69, 9.17) is 0 Å². The first-order valence-corrected chi connectivity index (χ1v) is 5.52. The molecule has 14 heavy (non-hydrogen) atoms. The van der Waals surface area contributed by atoms with Gasteiger partial charge < -0.3 is 5.32 Å². The molecule has 2 aromatic heterocycles. The average Bonchev–Trinajstić information content (AvgIpc) is 2.61. The quantitative estimate of drug-likeness (QED) is 0.911. The van der Waals surface area contributed by atoms with Crippen molar-refractivity contribution in [1.82, 2.24) is 20.0 Å². The Labute approximate surface area is 93.3 Å². The minimum absolute atomic E-state index is 0.757. The van der Waals surface area contributed by atoms with Crippen LogP contribution in [0.2, 0.25) is 0 Å². The molecule has 5 nitrogen and oxygen atoms in total. The van der Waals surface area contributed by atoms with E-state index in [-0.39, 0.29) is 0 Å². The molecule has 0 unspecified atom stereocenters.